The van der Waals surface area contributed by atoms with Crippen LogP contribution in [0.4, 0.5) is 0 Å². The summed E-state index contributed by atoms with van der Waals surface area (Å²) in [7, 11) is 0. The average molecular weight is 443 g/mol. The van der Waals surface area contributed by atoms with E-state index in [4.69, 9.17) is 4.74 Å². The predicted molar refractivity (Wildman–Crippen MR) is 130 cm³/mol. The van der Waals surface area contributed by atoms with Crippen molar-refractivity contribution in [2.75, 3.05) is 6.61 Å². The van der Waals surface area contributed by atoms with E-state index in [-0.39, 0.29) is 11.5 Å². The fourth-order valence-corrected chi connectivity index (χ4v) is 12.0. The Kier molecular flexibility index (Phi) is 4.46. The summed E-state index contributed by atoms with van der Waals surface area (Å²) in [5.74, 6) is 3.11. The molecule has 5 saturated carbocycles. The van der Waals surface area contributed by atoms with Crippen molar-refractivity contribution in [2.24, 2.45) is 56.2 Å². The van der Waals surface area contributed by atoms with Gasteiger partial charge in [0.05, 0.1) is 18.8 Å². The fraction of sp³-hybridized carbons (Fsp3) is 1.00. The number of aliphatic hydroxyl groups excluding tert-OH is 1. The number of fused-ring (bicyclic) bond motifs is 5. The Labute approximate surface area is 197 Å². The summed E-state index contributed by atoms with van der Waals surface area (Å²) < 4.78 is 6.71. The van der Waals surface area contributed by atoms with Crippen LogP contribution in [0.5, 0.6) is 0 Å². The van der Waals surface area contributed by atoms with E-state index in [2.05, 4.69) is 48.5 Å². The third-order valence-electron chi connectivity index (χ3n) is 14.1. The van der Waals surface area contributed by atoms with Crippen molar-refractivity contribution in [3.63, 3.8) is 0 Å². The quantitative estimate of drug-likeness (QED) is 0.428. The van der Waals surface area contributed by atoms with Gasteiger partial charge in [-0.05, 0) is 120 Å². The minimum absolute atomic E-state index is 0.0586. The van der Waals surface area contributed by atoms with Crippen LogP contribution < -0.4 is 0 Å². The molecule has 0 aromatic heterocycles. The highest BCUT2D eigenvalue weighted by atomic mass is 16.5. The van der Waals surface area contributed by atoms with Gasteiger partial charge in [-0.2, -0.15) is 0 Å². The lowest BCUT2D eigenvalue weighted by atomic mass is 9.31. The molecule has 0 radical (unpaired) electrons. The first kappa shape index (κ1) is 22.4. The minimum atomic E-state index is -0.122. The molecule has 6 rings (SSSR count). The van der Waals surface area contributed by atoms with E-state index >= 15 is 0 Å². The molecule has 6 fully saturated rings. The second kappa shape index (κ2) is 6.37. The van der Waals surface area contributed by atoms with Gasteiger partial charge in [-0.15, -0.1) is 0 Å². The fourth-order valence-electron chi connectivity index (χ4n) is 12.0. The van der Waals surface area contributed by atoms with Crippen molar-refractivity contribution < 1.29 is 9.84 Å². The Hall–Kier alpha value is -0.0800. The largest absolute Gasteiger partial charge is 0.393 e. The molecular formula is C30H50O2. The standard InChI is InChI=1S/C30H50O2/c1-25(2)14-16-30-17-15-28(6)19(23(30)24(25)32-18-30)8-9-21-27(5)12-11-22(31)26(3,4)20(27)10-13-29(21,28)7/h19-24,31H,8-18H2,1-7H3/t19-,20+,21-,22-,23-,24-,27-,28+,29+,30+/m0/s1. The van der Waals surface area contributed by atoms with E-state index in [1.807, 2.05) is 0 Å². The van der Waals surface area contributed by atoms with Gasteiger partial charge in [-0.25, -0.2) is 0 Å². The van der Waals surface area contributed by atoms with Crippen molar-refractivity contribution in [3.8, 4) is 0 Å². The molecular weight excluding hydrogens is 392 g/mol. The smallest absolute Gasteiger partial charge is 0.0663 e. The molecule has 0 aromatic rings. The molecule has 6 aliphatic rings. The Bertz CT molecular complexity index is 801. The molecule has 5 aliphatic carbocycles. The van der Waals surface area contributed by atoms with E-state index in [0.29, 0.717) is 39.1 Å². The topological polar surface area (TPSA) is 29.5 Å². The van der Waals surface area contributed by atoms with Crippen LogP contribution in [0.1, 0.15) is 113 Å². The van der Waals surface area contributed by atoms with E-state index in [1.165, 1.54) is 57.8 Å². The highest BCUT2D eigenvalue weighted by molar-refractivity contribution is 5.21. The summed E-state index contributed by atoms with van der Waals surface area (Å²) >= 11 is 0. The molecule has 0 unspecified atom stereocenters. The van der Waals surface area contributed by atoms with Crippen LogP contribution in [0, 0.1) is 56.2 Å². The van der Waals surface area contributed by atoms with Crippen molar-refractivity contribution in [1.82, 2.24) is 0 Å². The lowest BCUT2D eigenvalue weighted by Gasteiger charge is -2.73. The Morgan fingerprint density at radius 3 is 2.16 bits per heavy atom. The first-order valence-corrected chi connectivity index (χ1v) is 14.1. The molecule has 2 nitrogen and oxygen atoms in total. The molecule has 2 heteroatoms. The van der Waals surface area contributed by atoms with E-state index in [1.54, 1.807) is 0 Å². The van der Waals surface area contributed by atoms with Gasteiger partial charge in [0.25, 0.3) is 0 Å². The molecule has 0 amide bonds. The first-order chi connectivity index (χ1) is 14.8. The Balaban J connectivity index is 1.39. The molecule has 0 aromatic carbocycles. The summed E-state index contributed by atoms with van der Waals surface area (Å²) in [5, 5.41) is 10.9. The number of rotatable bonds is 0. The summed E-state index contributed by atoms with van der Waals surface area (Å²) in [6.07, 6.45) is 13.7. The predicted octanol–water partition coefficient (Wildman–Crippen LogP) is 7.24. The summed E-state index contributed by atoms with van der Waals surface area (Å²) in [6, 6.07) is 0. The molecule has 182 valence electrons. The van der Waals surface area contributed by atoms with E-state index in [0.717, 1.165) is 30.8 Å². The average Bonchev–Trinajstić information content (AvgIpc) is 3.05. The van der Waals surface area contributed by atoms with Gasteiger partial charge in [-0.3, -0.25) is 0 Å². The van der Waals surface area contributed by atoms with Gasteiger partial charge in [0.1, 0.15) is 0 Å². The monoisotopic (exact) mass is 442 g/mol. The van der Waals surface area contributed by atoms with Gasteiger partial charge in [-0.1, -0.05) is 48.5 Å². The summed E-state index contributed by atoms with van der Waals surface area (Å²) in [6.45, 7) is 18.9. The normalized spacial score (nSPS) is 60.0. The SMILES string of the molecule is CC1(C)CC[C@]23CC[C@]4(C)[C@@H](CC[C@H]5[C@@]6(C)CC[C@H](O)C(C)(C)[C@H]6CC[C@]54C)[C@H]2[C@@H]1OC3. The second-order valence-electron chi connectivity index (χ2n) is 15.7. The van der Waals surface area contributed by atoms with Crippen LogP contribution >= 0.6 is 0 Å². The zero-order chi connectivity index (χ0) is 22.9. The second-order valence-corrected chi connectivity index (χ2v) is 15.7. The molecule has 1 aliphatic heterocycles. The van der Waals surface area contributed by atoms with E-state index < -0.39 is 0 Å². The van der Waals surface area contributed by atoms with Crippen LogP contribution in [0.15, 0.2) is 0 Å². The minimum Gasteiger partial charge on any atom is -0.393 e. The maximum atomic E-state index is 10.9. The van der Waals surface area contributed by atoms with Gasteiger partial charge < -0.3 is 9.84 Å². The van der Waals surface area contributed by atoms with E-state index in [9.17, 15) is 5.11 Å². The maximum Gasteiger partial charge on any atom is 0.0663 e. The molecule has 1 heterocycles. The third-order valence-corrected chi connectivity index (χ3v) is 14.1. The van der Waals surface area contributed by atoms with Gasteiger partial charge in [0.2, 0.25) is 0 Å². The lowest BCUT2D eigenvalue weighted by Crippen LogP contribution is -2.67. The van der Waals surface area contributed by atoms with Gasteiger partial charge >= 0.3 is 0 Å². The number of hydrogen-bond acceptors (Lipinski definition) is 2. The van der Waals surface area contributed by atoms with Crippen LogP contribution in [-0.2, 0) is 4.74 Å². The maximum absolute atomic E-state index is 10.9. The summed E-state index contributed by atoms with van der Waals surface area (Å²) in [4.78, 5) is 0. The molecule has 1 saturated heterocycles. The first-order valence-electron chi connectivity index (χ1n) is 14.1. The van der Waals surface area contributed by atoms with Gasteiger partial charge in [0.15, 0.2) is 0 Å². The highest BCUT2D eigenvalue weighted by Crippen LogP contribution is 2.78. The van der Waals surface area contributed by atoms with Crippen LogP contribution in [0.25, 0.3) is 0 Å². The van der Waals surface area contributed by atoms with Crippen molar-refractivity contribution >= 4 is 0 Å². The molecule has 10 atom stereocenters. The number of hydrogen-bond donors (Lipinski definition) is 1. The zero-order valence-corrected chi connectivity index (χ0v) is 22.1. The van der Waals surface area contributed by atoms with Crippen molar-refractivity contribution in [1.29, 1.82) is 0 Å². The van der Waals surface area contributed by atoms with Crippen LogP contribution in [-0.4, -0.2) is 23.9 Å². The zero-order valence-electron chi connectivity index (χ0n) is 22.1. The summed E-state index contributed by atoms with van der Waals surface area (Å²) in [5.41, 5.74) is 2.16. The molecule has 1 N–H and O–H groups in total. The van der Waals surface area contributed by atoms with Crippen molar-refractivity contribution in [3.05, 3.63) is 0 Å². The van der Waals surface area contributed by atoms with Crippen LogP contribution in [0.3, 0.4) is 0 Å². The van der Waals surface area contributed by atoms with Crippen LogP contribution in [0.2, 0.25) is 0 Å². The molecule has 32 heavy (non-hydrogen) atoms. The molecule has 2 bridgehead atoms. The Morgan fingerprint density at radius 1 is 0.688 bits per heavy atom. The third kappa shape index (κ3) is 2.41. The van der Waals surface area contributed by atoms with Gasteiger partial charge in [0, 0.05) is 0 Å². The van der Waals surface area contributed by atoms with Crippen molar-refractivity contribution in [2.45, 2.75) is 125 Å². The lowest BCUT2D eigenvalue weighted by molar-refractivity contribution is -0.252. The highest BCUT2D eigenvalue weighted by Gasteiger charge is 2.72. The number of ether oxygens (including phenoxy) is 1. The Morgan fingerprint density at radius 2 is 1.41 bits per heavy atom. The number of aliphatic hydroxyl groups is 1. The molecule has 0 spiro atoms.